The van der Waals surface area contributed by atoms with E-state index in [-0.39, 0.29) is 49.6 Å². The van der Waals surface area contributed by atoms with Crippen molar-refractivity contribution in [3.05, 3.63) is 76.5 Å². The first kappa shape index (κ1) is 41.0. The molecule has 290 valence electrons. The first-order chi connectivity index (χ1) is 25.3. The molecule has 1 amide bonds. The number of para-hydroxylation sites is 1. The largest absolute Gasteiger partial charge is 0.490 e. The number of rotatable bonds is 19. The Morgan fingerprint density at radius 2 is 1.75 bits per heavy atom. The summed E-state index contributed by atoms with van der Waals surface area (Å²) in [5.41, 5.74) is 2.60. The number of piperidine rings is 1. The maximum Gasteiger partial charge on any atom is 0.243 e. The Morgan fingerprint density at radius 3 is 2.38 bits per heavy atom. The first-order valence-corrected chi connectivity index (χ1v) is 19.8. The molecule has 2 aromatic carbocycles. The van der Waals surface area contributed by atoms with Gasteiger partial charge in [-0.2, -0.15) is 4.31 Å². The van der Waals surface area contributed by atoms with Gasteiger partial charge in [0.05, 0.1) is 35.9 Å². The van der Waals surface area contributed by atoms with Crippen molar-refractivity contribution in [3.63, 3.8) is 0 Å². The third kappa shape index (κ3) is 10.1. The monoisotopic (exact) mass is 775 g/mol. The highest BCUT2D eigenvalue weighted by Crippen LogP contribution is 2.52. The summed E-state index contributed by atoms with van der Waals surface area (Å²) in [4.78, 5) is 16.7. The van der Waals surface area contributed by atoms with Crippen LogP contribution in [0.3, 0.4) is 0 Å². The van der Waals surface area contributed by atoms with Crippen molar-refractivity contribution in [1.29, 1.82) is 0 Å². The number of aliphatic imine (C=N–C) groups is 1. The number of benzene rings is 2. The van der Waals surface area contributed by atoms with E-state index in [0.717, 1.165) is 48.1 Å². The summed E-state index contributed by atoms with van der Waals surface area (Å²) in [7, 11) is -3.89. The maximum atomic E-state index is 13.8. The SMILES string of the molecule is C=N/C=C(\C(=C/C)c1ccccc1OC1CC1)C1(OCc2cc(S(=O)(=O)N3CCC(CC(=O)NC[C@H](O)[C@@H](O)[C@H](O)[C@H](O)CO)CC3)ccc2Cl)CC1. The molecule has 0 spiro atoms. The van der Waals surface area contributed by atoms with Crippen LogP contribution in [0.2, 0.25) is 5.02 Å². The lowest BCUT2D eigenvalue weighted by Crippen LogP contribution is -2.49. The van der Waals surface area contributed by atoms with Gasteiger partial charge in [-0.25, -0.2) is 8.42 Å². The minimum Gasteiger partial charge on any atom is -0.490 e. The fraction of sp³-hybridized carbons (Fsp3) is 0.526. The number of aliphatic hydroxyl groups is 5. The summed E-state index contributed by atoms with van der Waals surface area (Å²) in [6.07, 6.45) is 1.64. The number of ether oxygens (including phenoxy) is 2. The van der Waals surface area contributed by atoms with Gasteiger partial charge in [-0.05, 0) is 93.5 Å². The number of sulfonamides is 1. The Hall–Kier alpha value is -3.18. The van der Waals surface area contributed by atoms with Crippen LogP contribution in [0.4, 0.5) is 0 Å². The number of hydrogen-bond donors (Lipinski definition) is 6. The zero-order chi connectivity index (χ0) is 38.3. The van der Waals surface area contributed by atoms with Gasteiger partial charge >= 0.3 is 0 Å². The van der Waals surface area contributed by atoms with Crippen LogP contribution >= 0.6 is 11.6 Å². The van der Waals surface area contributed by atoms with Crippen LogP contribution < -0.4 is 10.1 Å². The first-order valence-electron chi connectivity index (χ1n) is 17.9. The van der Waals surface area contributed by atoms with Gasteiger partial charge < -0.3 is 40.3 Å². The maximum absolute atomic E-state index is 13.8. The molecule has 53 heavy (non-hydrogen) atoms. The van der Waals surface area contributed by atoms with Crippen LogP contribution in [0.25, 0.3) is 5.57 Å². The molecule has 0 aromatic heterocycles. The summed E-state index contributed by atoms with van der Waals surface area (Å²) in [6, 6.07) is 12.5. The standard InChI is InChI=1S/C38H50ClN3O10S/c1-3-28(29-6-4-5-7-34(29)52-26-8-9-26)30(20-40-2)38(14-15-38)51-23-25-19-27(10-11-31(25)39)53(49,50)42-16-12-24(13-17-42)18-35(46)41-21-32(44)36(47)37(48)33(45)22-43/h3-7,10-11,19-20,24,26,32-33,36-37,43-45,47-48H,2,8-9,12-18,21-23H2,1H3,(H,41,46)/b28-3-,30-20+/t32-,33+,36+,37+/m0/s1. The van der Waals surface area contributed by atoms with E-state index in [1.54, 1.807) is 18.3 Å². The Labute approximate surface area is 315 Å². The van der Waals surface area contributed by atoms with Gasteiger partial charge in [0, 0.05) is 48.4 Å². The molecule has 3 aliphatic rings. The summed E-state index contributed by atoms with van der Waals surface area (Å²) in [5, 5.41) is 51.0. The Morgan fingerprint density at radius 1 is 1.08 bits per heavy atom. The molecule has 0 radical (unpaired) electrons. The highest BCUT2D eigenvalue weighted by atomic mass is 35.5. The smallest absolute Gasteiger partial charge is 0.243 e. The Kier molecular flexibility index (Phi) is 13.9. The number of carbonyl (C=O) groups is 1. The van der Waals surface area contributed by atoms with E-state index < -0.39 is 52.6 Å². The van der Waals surface area contributed by atoms with Crippen molar-refractivity contribution >= 4 is 39.8 Å². The van der Waals surface area contributed by atoms with Crippen LogP contribution in [-0.2, 0) is 26.2 Å². The van der Waals surface area contributed by atoms with Crippen LogP contribution in [-0.4, -0.2) is 113 Å². The number of nitrogens with one attached hydrogen (secondary N) is 1. The number of carbonyl (C=O) groups excluding carboxylic acids is 1. The van der Waals surface area contributed by atoms with Gasteiger partial charge in [0.1, 0.15) is 24.1 Å². The fourth-order valence-corrected chi connectivity index (χ4v) is 8.21. The predicted molar refractivity (Wildman–Crippen MR) is 200 cm³/mol. The second-order valence-electron chi connectivity index (χ2n) is 13.9. The Bertz CT molecular complexity index is 1770. The van der Waals surface area contributed by atoms with Crippen molar-refractivity contribution in [2.24, 2.45) is 10.9 Å². The number of hydrogen-bond acceptors (Lipinski definition) is 11. The van der Waals surface area contributed by atoms with Gasteiger partial charge in [-0.3, -0.25) is 9.79 Å². The van der Waals surface area contributed by atoms with Crippen molar-refractivity contribution in [3.8, 4) is 5.75 Å². The highest BCUT2D eigenvalue weighted by molar-refractivity contribution is 7.89. The molecule has 2 saturated carbocycles. The minimum absolute atomic E-state index is 0.0672. The fourth-order valence-electron chi connectivity index (χ4n) is 6.52. The van der Waals surface area contributed by atoms with Crippen molar-refractivity contribution in [1.82, 2.24) is 9.62 Å². The molecule has 3 fully saturated rings. The topological polar surface area (TPSA) is 198 Å². The van der Waals surface area contributed by atoms with Gasteiger partial charge in [0.25, 0.3) is 0 Å². The van der Waals surface area contributed by atoms with Gasteiger partial charge in [-0.1, -0.05) is 35.9 Å². The zero-order valence-corrected chi connectivity index (χ0v) is 31.4. The lowest BCUT2D eigenvalue weighted by molar-refractivity contribution is -0.127. The average Bonchev–Trinajstić information content (AvgIpc) is 4.11. The molecule has 15 heteroatoms. The summed E-state index contributed by atoms with van der Waals surface area (Å²) in [6.45, 7) is 4.95. The van der Waals surface area contributed by atoms with Crippen LogP contribution in [0, 0.1) is 5.92 Å². The van der Waals surface area contributed by atoms with Crippen LogP contribution in [0.1, 0.15) is 63.0 Å². The predicted octanol–water partition coefficient (Wildman–Crippen LogP) is 2.96. The van der Waals surface area contributed by atoms with E-state index in [9.17, 15) is 33.6 Å². The second-order valence-corrected chi connectivity index (χ2v) is 16.3. The molecule has 1 saturated heterocycles. The zero-order valence-electron chi connectivity index (χ0n) is 29.8. The summed E-state index contributed by atoms with van der Waals surface area (Å²) >= 11 is 6.59. The number of nitrogens with zero attached hydrogens (tertiary/aromatic N) is 2. The minimum atomic E-state index is -3.89. The van der Waals surface area contributed by atoms with E-state index >= 15 is 0 Å². The third-order valence-electron chi connectivity index (χ3n) is 10.0. The molecule has 13 nitrogen and oxygen atoms in total. The molecule has 0 unspecified atom stereocenters. The van der Waals surface area contributed by atoms with Crippen molar-refractivity contribution in [2.75, 3.05) is 26.2 Å². The lowest BCUT2D eigenvalue weighted by atomic mass is 9.92. The van der Waals surface area contributed by atoms with Crippen LogP contribution in [0.5, 0.6) is 5.75 Å². The molecule has 1 heterocycles. The average molecular weight is 776 g/mol. The number of aliphatic hydroxyl groups excluding tert-OH is 5. The highest BCUT2D eigenvalue weighted by Gasteiger charge is 2.49. The summed E-state index contributed by atoms with van der Waals surface area (Å²) in [5.74, 6) is 0.272. The van der Waals surface area contributed by atoms with E-state index in [1.165, 1.54) is 10.4 Å². The number of allylic oxidation sites excluding steroid dienone is 1. The van der Waals surface area contributed by atoms with E-state index in [2.05, 4.69) is 17.0 Å². The van der Waals surface area contributed by atoms with Crippen molar-refractivity contribution in [2.45, 2.75) is 99.5 Å². The van der Waals surface area contributed by atoms with E-state index in [0.29, 0.717) is 23.4 Å². The summed E-state index contributed by atoms with van der Waals surface area (Å²) < 4.78 is 41.7. The van der Waals surface area contributed by atoms with Crippen molar-refractivity contribution < 1.29 is 48.2 Å². The van der Waals surface area contributed by atoms with E-state index in [4.69, 9.17) is 26.2 Å². The lowest BCUT2D eigenvalue weighted by Gasteiger charge is -2.31. The molecular weight excluding hydrogens is 726 g/mol. The molecule has 4 atom stereocenters. The third-order valence-corrected chi connectivity index (χ3v) is 12.3. The number of halogens is 1. The second kappa shape index (κ2) is 18.0. The van der Waals surface area contributed by atoms with Gasteiger partial charge in [-0.15, -0.1) is 0 Å². The quantitative estimate of drug-likeness (QED) is 0.0912. The number of amides is 1. The van der Waals surface area contributed by atoms with Gasteiger partial charge in [0.2, 0.25) is 15.9 Å². The molecule has 5 rings (SSSR count). The normalized spacial score (nSPS) is 20.7. The Balaban J connectivity index is 1.18. The molecule has 6 N–H and O–H groups in total. The molecule has 0 bridgehead atoms. The molecule has 2 aromatic rings. The molecule has 2 aliphatic carbocycles. The molecular formula is C38H50ClN3O10S. The van der Waals surface area contributed by atoms with Gasteiger partial charge in [0.15, 0.2) is 0 Å². The molecule has 1 aliphatic heterocycles. The van der Waals surface area contributed by atoms with E-state index in [1.807, 2.05) is 37.3 Å². The van der Waals surface area contributed by atoms with Crippen LogP contribution in [0.15, 0.2) is 70.2 Å².